The highest BCUT2D eigenvalue weighted by molar-refractivity contribution is 7.09. The van der Waals surface area contributed by atoms with Gasteiger partial charge in [0, 0.05) is 11.6 Å². The Hall–Kier alpha value is -0.453. The molecular weight excluding hydrogens is 198 g/mol. The summed E-state index contributed by atoms with van der Waals surface area (Å²) in [5.74, 6) is 0. The highest BCUT2D eigenvalue weighted by Gasteiger charge is 2.21. The molecule has 2 nitrogen and oxygen atoms in total. The van der Waals surface area contributed by atoms with Gasteiger partial charge in [-0.3, -0.25) is 0 Å². The van der Waals surface area contributed by atoms with Crippen LogP contribution in [0.2, 0.25) is 19.6 Å². The van der Waals surface area contributed by atoms with Gasteiger partial charge in [-0.25, -0.2) is 4.98 Å². The lowest BCUT2D eigenvalue weighted by molar-refractivity contribution is 0.248. The van der Waals surface area contributed by atoms with E-state index in [1.165, 1.54) is 0 Å². The molecule has 0 saturated carbocycles. The Morgan fingerprint density at radius 2 is 2.31 bits per heavy atom. The van der Waals surface area contributed by atoms with Crippen LogP contribution in [0.25, 0.3) is 0 Å². The summed E-state index contributed by atoms with van der Waals surface area (Å²) in [4.78, 5) is 4.22. The summed E-state index contributed by atoms with van der Waals surface area (Å²) in [5, 5.41) is 2.96. The third-order valence-corrected chi connectivity index (χ3v) is 3.19. The average molecular weight is 213 g/mol. The summed E-state index contributed by atoms with van der Waals surface area (Å²) >= 11 is 1.61. The van der Waals surface area contributed by atoms with Crippen LogP contribution >= 0.6 is 11.3 Å². The van der Waals surface area contributed by atoms with E-state index in [2.05, 4.69) is 31.2 Å². The number of nitrogens with zero attached hydrogens (tertiary/aromatic N) is 1. The van der Waals surface area contributed by atoms with Crippen molar-refractivity contribution in [3.8, 4) is 0 Å². The Morgan fingerprint density at radius 3 is 2.69 bits per heavy atom. The molecule has 1 heterocycles. The lowest BCUT2D eigenvalue weighted by Crippen LogP contribution is -2.27. The van der Waals surface area contributed by atoms with Gasteiger partial charge in [0.2, 0.25) is 0 Å². The lowest BCUT2D eigenvalue weighted by Gasteiger charge is -2.22. The molecule has 0 bridgehead atoms. The lowest BCUT2D eigenvalue weighted by atomic mass is 10.4. The smallest absolute Gasteiger partial charge is 0.185 e. The van der Waals surface area contributed by atoms with E-state index in [4.69, 9.17) is 4.43 Å². The van der Waals surface area contributed by atoms with Gasteiger partial charge in [0.05, 0.1) is 0 Å². The zero-order valence-electron chi connectivity index (χ0n) is 8.28. The second-order valence-corrected chi connectivity index (χ2v) is 9.14. The van der Waals surface area contributed by atoms with Gasteiger partial charge in [-0.1, -0.05) is 6.08 Å². The molecule has 0 amide bonds. The van der Waals surface area contributed by atoms with Crippen LogP contribution < -0.4 is 0 Å². The summed E-state index contributed by atoms with van der Waals surface area (Å²) in [7, 11) is -1.50. The van der Waals surface area contributed by atoms with E-state index in [9.17, 15) is 0 Å². The quantitative estimate of drug-likeness (QED) is 0.566. The first-order valence-electron chi connectivity index (χ1n) is 4.23. The van der Waals surface area contributed by atoms with Crippen molar-refractivity contribution in [2.24, 2.45) is 0 Å². The van der Waals surface area contributed by atoms with Gasteiger partial charge in [0.25, 0.3) is 0 Å². The largest absolute Gasteiger partial charge is 0.405 e. The second-order valence-electron chi connectivity index (χ2n) is 3.76. The fourth-order valence-electron chi connectivity index (χ4n) is 0.955. The van der Waals surface area contributed by atoms with Crippen molar-refractivity contribution in [3.05, 3.63) is 29.2 Å². The van der Waals surface area contributed by atoms with Crippen LogP contribution in [0.15, 0.2) is 24.2 Å². The van der Waals surface area contributed by atoms with E-state index in [-0.39, 0.29) is 6.10 Å². The van der Waals surface area contributed by atoms with Crippen molar-refractivity contribution in [2.75, 3.05) is 0 Å². The van der Waals surface area contributed by atoms with Crippen LogP contribution in [0.5, 0.6) is 0 Å². The molecule has 1 unspecified atom stereocenters. The van der Waals surface area contributed by atoms with Crippen molar-refractivity contribution in [1.82, 2.24) is 4.98 Å². The number of hydrogen-bond donors (Lipinski definition) is 0. The standard InChI is InChI=1S/C9H15NOSSi/c1-5-8(11-13(2,3)4)9-10-6-7-12-9/h5-8H,1H2,2-4H3. The predicted octanol–water partition coefficient (Wildman–Crippen LogP) is 3.22. The van der Waals surface area contributed by atoms with Crippen LogP contribution in [-0.2, 0) is 4.43 Å². The molecule has 1 aromatic heterocycles. The summed E-state index contributed by atoms with van der Waals surface area (Å²) in [5.41, 5.74) is 0. The van der Waals surface area contributed by atoms with Gasteiger partial charge >= 0.3 is 0 Å². The highest BCUT2D eigenvalue weighted by atomic mass is 32.1. The van der Waals surface area contributed by atoms with Crippen LogP contribution in [0.4, 0.5) is 0 Å². The maximum absolute atomic E-state index is 5.90. The minimum Gasteiger partial charge on any atom is -0.405 e. The molecule has 0 aliphatic carbocycles. The minimum atomic E-state index is -1.50. The summed E-state index contributed by atoms with van der Waals surface area (Å²) in [6.07, 6.45) is 3.59. The van der Waals surface area contributed by atoms with Crippen molar-refractivity contribution in [1.29, 1.82) is 0 Å². The molecule has 1 rings (SSSR count). The molecular formula is C9H15NOSSi. The zero-order valence-corrected chi connectivity index (χ0v) is 10.1. The molecule has 0 fully saturated rings. The SMILES string of the molecule is C=CC(O[Si](C)(C)C)c1nccs1. The van der Waals surface area contributed by atoms with Crippen LogP contribution in [-0.4, -0.2) is 13.3 Å². The number of rotatable bonds is 4. The van der Waals surface area contributed by atoms with Gasteiger partial charge in [-0.05, 0) is 19.6 Å². The molecule has 1 aromatic rings. The van der Waals surface area contributed by atoms with E-state index in [0.29, 0.717) is 0 Å². The molecule has 0 aliphatic rings. The molecule has 0 N–H and O–H groups in total. The van der Waals surface area contributed by atoms with Gasteiger partial charge < -0.3 is 4.43 Å². The fourth-order valence-corrected chi connectivity index (χ4v) is 2.67. The Bertz CT molecular complexity index is 266. The van der Waals surface area contributed by atoms with E-state index < -0.39 is 8.32 Å². The average Bonchev–Trinajstić information content (AvgIpc) is 2.50. The Morgan fingerprint density at radius 1 is 1.62 bits per heavy atom. The van der Waals surface area contributed by atoms with Crippen LogP contribution in [0, 0.1) is 0 Å². The summed E-state index contributed by atoms with van der Waals surface area (Å²) in [6, 6.07) is 0. The van der Waals surface area contributed by atoms with Crippen LogP contribution in [0.3, 0.4) is 0 Å². The van der Waals surface area contributed by atoms with Crippen molar-refractivity contribution in [2.45, 2.75) is 25.7 Å². The van der Waals surface area contributed by atoms with Gasteiger partial charge in [-0.15, -0.1) is 17.9 Å². The fraction of sp³-hybridized carbons (Fsp3) is 0.444. The molecule has 0 saturated heterocycles. The van der Waals surface area contributed by atoms with Crippen LogP contribution in [0.1, 0.15) is 11.1 Å². The number of thiazole rings is 1. The summed E-state index contributed by atoms with van der Waals surface area (Å²) < 4.78 is 5.90. The Kier molecular flexibility index (Phi) is 3.41. The van der Waals surface area contributed by atoms with Gasteiger partial charge in [0.1, 0.15) is 11.1 Å². The third kappa shape index (κ3) is 3.42. The Labute approximate surface area is 84.4 Å². The maximum Gasteiger partial charge on any atom is 0.185 e. The summed E-state index contributed by atoms with van der Waals surface area (Å²) in [6.45, 7) is 10.3. The van der Waals surface area contributed by atoms with Crippen molar-refractivity contribution < 1.29 is 4.43 Å². The van der Waals surface area contributed by atoms with Crippen molar-refractivity contribution >= 4 is 19.7 Å². The third-order valence-electron chi connectivity index (χ3n) is 1.39. The molecule has 13 heavy (non-hydrogen) atoms. The molecule has 72 valence electrons. The number of aromatic nitrogens is 1. The maximum atomic E-state index is 5.90. The predicted molar refractivity (Wildman–Crippen MR) is 59.5 cm³/mol. The van der Waals surface area contributed by atoms with Crippen molar-refractivity contribution in [3.63, 3.8) is 0 Å². The normalized spacial score (nSPS) is 14.1. The monoisotopic (exact) mass is 213 g/mol. The first kappa shape index (κ1) is 10.6. The van der Waals surface area contributed by atoms with E-state index >= 15 is 0 Å². The molecule has 0 aromatic carbocycles. The highest BCUT2D eigenvalue weighted by Crippen LogP contribution is 2.24. The molecule has 1 atom stereocenters. The second kappa shape index (κ2) is 4.17. The van der Waals surface area contributed by atoms with E-state index in [0.717, 1.165) is 5.01 Å². The number of hydrogen-bond acceptors (Lipinski definition) is 3. The molecule has 0 radical (unpaired) electrons. The Balaban J connectivity index is 2.70. The van der Waals surface area contributed by atoms with Gasteiger partial charge in [0.15, 0.2) is 8.32 Å². The topological polar surface area (TPSA) is 22.1 Å². The van der Waals surface area contributed by atoms with E-state index in [1.807, 2.05) is 11.5 Å². The minimum absolute atomic E-state index is 0.0216. The molecule has 0 spiro atoms. The first-order chi connectivity index (χ1) is 6.03. The molecule has 0 aliphatic heterocycles. The first-order valence-corrected chi connectivity index (χ1v) is 8.51. The van der Waals surface area contributed by atoms with Gasteiger partial charge in [-0.2, -0.15) is 0 Å². The van der Waals surface area contributed by atoms with E-state index in [1.54, 1.807) is 17.5 Å². The zero-order chi connectivity index (χ0) is 9.90. The molecule has 4 heteroatoms.